The molecule has 6 heteroatoms. The number of benzene rings is 2. The van der Waals surface area contributed by atoms with Crippen molar-refractivity contribution in [3.8, 4) is 6.07 Å². The highest BCUT2D eigenvalue weighted by molar-refractivity contribution is 5.92. The van der Waals surface area contributed by atoms with Crippen molar-refractivity contribution in [1.82, 2.24) is 5.32 Å². The molecule has 0 saturated heterocycles. The number of nitriles is 1. The average Bonchev–Trinajstić information content (AvgIpc) is 2.61. The number of carbonyl (C=O) groups excluding carboxylic acids is 2. The van der Waals surface area contributed by atoms with Crippen LogP contribution in [-0.4, -0.2) is 11.8 Å². The van der Waals surface area contributed by atoms with Gasteiger partial charge in [0.05, 0.1) is 6.07 Å². The van der Waals surface area contributed by atoms with Crippen molar-refractivity contribution in [2.45, 2.75) is 13.0 Å². The molecule has 0 aliphatic heterocycles. The van der Waals surface area contributed by atoms with Crippen molar-refractivity contribution in [1.29, 1.82) is 5.26 Å². The predicted octanol–water partition coefficient (Wildman–Crippen LogP) is 3.01. The van der Waals surface area contributed by atoms with Gasteiger partial charge in [-0.3, -0.25) is 9.59 Å². The Bertz CT molecular complexity index is 806. The molecular weight excluding hydrogens is 321 g/mol. The second-order valence-electron chi connectivity index (χ2n) is 5.18. The first-order chi connectivity index (χ1) is 12.1. The summed E-state index contributed by atoms with van der Waals surface area (Å²) >= 11 is 0. The van der Waals surface area contributed by atoms with Gasteiger partial charge in [0.1, 0.15) is 12.2 Å². The van der Waals surface area contributed by atoms with E-state index in [1.165, 1.54) is 18.2 Å². The molecule has 0 atom stereocenters. The molecule has 0 radical (unpaired) electrons. The highest BCUT2D eigenvalue weighted by Gasteiger charge is 2.02. The van der Waals surface area contributed by atoms with E-state index in [-0.39, 0.29) is 24.1 Å². The van der Waals surface area contributed by atoms with Crippen molar-refractivity contribution >= 4 is 23.6 Å². The molecule has 2 rings (SSSR count). The van der Waals surface area contributed by atoms with Crippen LogP contribution in [0.4, 0.5) is 10.1 Å². The summed E-state index contributed by atoms with van der Waals surface area (Å²) in [4.78, 5) is 23.1. The Labute approximate surface area is 144 Å². The summed E-state index contributed by atoms with van der Waals surface area (Å²) < 4.78 is 12.8. The molecule has 0 fully saturated rings. The minimum absolute atomic E-state index is 0.196. The molecule has 0 spiro atoms. The molecule has 0 bridgehead atoms. The number of rotatable bonds is 6. The molecule has 5 nitrogen and oxygen atoms in total. The number of hydrogen-bond donors (Lipinski definition) is 2. The van der Waals surface area contributed by atoms with Crippen LogP contribution in [-0.2, 0) is 16.1 Å². The first-order valence-corrected chi connectivity index (χ1v) is 7.54. The van der Waals surface area contributed by atoms with Gasteiger partial charge in [-0.05, 0) is 41.5 Å². The summed E-state index contributed by atoms with van der Waals surface area (Å²) in [5, 5.41) is 13.8. The molecule has 2 aromatic rings. The van der Waals surface area contributed by atoms with Crippen LogP contribution in [0.15, 0.2) is 54.6 Å². The van der Waals surface area contributed by atoms with Gasteiger partial charge < -0.3 is 10.6 Å². The number of carbonyl (C=O) groups is 2. The quantitative estimate of drug-likeness (QED) is 0.795. The summed E-state index contributed by atoms with van der Waals surface area (Å²) in [5.74, 6) is -0.959. The number of anilines is 1. The lowest BCUT2D eigenvalue weighted by Gasteiger charge is -2.06. The van der Waals surface area contributed by atoms with E-state index in [9.17, 15) is 14.0 Å². The van der Waals surface area contributed by atoms with E-state index in [4.69, 9.17) is 5.26 Å². The lowest BCUT2D eigenvalue weighted by Crippen LogP contribution is -2.20. The zero-order chi connectivity index (χ0) is 18.1. The van der Waals surface area contributed by atoms with Crippen LogP contribution in [0.3, 0.4) is 0 Å². The van der Waals surface area contributed by atoms with Crippen molar-refractivity contribution in [3.05, 3.63) is 71.6 Å². The van der Waals surface area contributed by atoms with Gasteiger partial charge in [-0.25, -0.2) is 4.39 Å². The lowest BCUT2D eigenvalue weighted by atomic mass is 10.2. The summed E-state index contributed by atoms with van der Waals surface area (Å²) in [6, 6.07) is 14.5. The minimum atomic E-state index is -0.366. The Morgan fingerprint density at radius 2 is 1.76 bits per heavy atom. The molecular formula is C19H16FN3O2. The summed E-state index contributed by atoms with van der Waals surface area (Å²) in [7, 11) is 0. The first-order valence-electron chi connectivity index (χ1n) is 7.54. The molecule has 0 unspecified atom stereocenters. The third-order valence-electron chi connectivity index (χ3n) is 3.24. The fraction of sp³-hybridized carbons (Fsp3) is 0.105. The van der Waals surface area contributed by atoms with Crippen molar-refractivity contribution in [2.75, 3.05) is 5.32 Å². The summed E-state index contributed by atoms with van der Waals surface area (Å²) in [5.41, 5.74) is 2.18. The normalized spacial score (nSPS) is 10.2. The highest BCUT2D eigenvalue weighted by atomic mass is 19.1. The van der Waals surface area contributed by atoms with Gasteiger partial charge >= 0.3 is 0 Å². The Morgan fingerprint density at radius 1 is 1.08 bits per heavy atom. The molecule has 0 aliphatic carbocycles. The van der Waals surface area contributed by atoms with Crippen LogP contribution in [0, 0.1) is 17.1 Å². The number of hydrogen-bond acceptors (Lipinski definition) is 3. The average molecular weight is 337 g/mol. The van der Waals surface area contributed by atoms with Crippen molar-refractivity contribution in [2.24, 2.45) is 0 Å². The van der Waals surface area contributed by atoms with Gasteiger partial charge in [-0.1, -0.05) is 24.3 Å². The van der Waals surface area contributed by atoms with Gasteiger partial charge in [0.25, 0.3) is 0 Å². The van der Waals surface area contributed by atoms with Crippen LogP contribution in [0.1, 0.15) is 17.5 Å². The second-order valence-corrected chi connectivity index (χ2v) is 5.18. The number of nitrogens with zero attached hydrogens (tertiary/aromatic N) is 1. The van der Waals surface area contributed by atoms with Crippen molar-refractivity contribution in [3.63, 3.8) is 0 Å². The molecule has 2 aromatic carbocycles. The van der Waals surface area contributed by atoms with Crippen molar-refractivity contribution < 1.29 is 14.0 Å². The molecule has 2 N–H and O–H groups in total. The zero-order valence-corrected chi connectivity index (χ0v) is 13.3. The predicted molar refractivity (Wildman–Crippen MR) is 92.6 cm³/mol. The van der Waals surface area contributed by atoms with Crippen LogP contribution in [0.25, 0.3) is 6.08 Å². The summed E-state index contributed by atoms with van der Waals surface area (Å²) in [6.07, 6.45) is 2.78. The molecule has 0 saturated carbocycles. The van der Waals surface area contributed by atoms with Crippen LogP contribution >= 0.6 is 0 Å². The van der Waals surface area contributed by atoms with Gasteiger partial charge in [-0.2, -0.15) is 5.26 Å². The van der Waals surface area contributed by atoms with E-state index >= 15 is 0 Å². The largest absolute Gasteiger partial charge is 0.348 e. The smallest absolute Gasteiger partial charge is 0.244 e. The Morgan fingerprint density at radius 3 is 2.40 bits per heavy atom. The third kappa shape index (κ3) is 6.28. The van der Waals surface area contributed by atoms with Crippen LogP contribution in [0.5, 0.6) is 0 Å². The maximum atomic E-state index is 12.8. The standard InChI is InChI=1S/C19H16FN3O2/c20-16-6-1-14(2-7-16)5-10-18(24)22-13-15-3-8-17(9-4-15)23-19(25)11-12-21/h1-10H,11,13H2,(H,22,24)(H,23,25)/b10-5+. The monoisotopic (exact) mass is 337 g/mol. The molecule has 2 amide bonds. The fourth-order valence-corrected chi connectivity index (χ4v) is 1.98. The molecule has 25 heavy (non-hydrogen) atoms. The molecule has 0 aromatic heterocycles. The summed E-state index contributed by atoms with van der Waals surface area (Å²) in [6.45, 7) is 0.332. The maximum absolute atomic E-state index is 12.8. The minimum Gasteiger partial charge on any atom is -0.348 e. The maximum Gasteiger partial charge on any atom is 0.244 e. The highest BCUT2D eigenvalue weighted by Crippen LogP contribution is 2.10. The fourth-order valence-electron chi connectivity index (χ4n) is 1.98. The Hall–Kier alpha value is -3.46. The molecule has 0 heterocycles. The van der Waals surface area contributed by atoms with E-state index in [0.29, 0.717) is 12.2 Å². The Kier molecular flexibility index (Phi) is 6.43. The van der Waals surface area contributed by atoms with E-state index in [1.54, 1.807) is 48.5 Å². The van der Waals surface area contributed by atoms with E-state index < -0.39 is 0 Å². The lowest BCUT2D eigenvalue weighted by molar-refractivity contribution is -0.117. The van der Waals surface area contributed by atoms with Gasteiger partial charge in [-0.15, -0.1) is 0 Å². The topological polar surface area (TPSA) is 82.0 Å². The SMILES string of the molecule is N#CCC(=O)Nc1ccc(CNC(=O)/C=C/c2ccc(F)cc2)cc1. The van der Waals surface area contributed by atoms with Gasteiger partial charge in [0, 0.05) is 18.3 Å². The van der Waals surface area contributed by atoms with Crippen LogP contribution < -0.4 is 10.6 Å². The van der Waals surface area contributed by atoms with E-state index in [2.05, 4.69) is 10.6 Å². The van der Waals surface area contributed by atoms with Gasteiger partial charge in [0.2, 0.25) is 11.8 Å². The molecule has 126 valence electrons. The number of halogens is 1. The number of nitrogens with one attached hydrogen (secondary N) is 2. The van der Waals surface area contributed by atoms with E-state index in [1.807, 2.05) is 0 Å². The van der Waals surface area contributed by atoms with E-state index in [0.717, 1.165) is 11.1 Å². The third-order valence-corrected chi connectivity index (χ3v) is 3.24. The second kappa shape index (κ2) is 8.99. The van der Waals surface area contributed by atoms with Gasteiger partial charge in [0.15, 0.2) is 0 Å². The first kappa shape index (κ1) is 17.9. The number of amides is 2. The molecule has 0 aliphatic rings. The Balaban J connectivity index is 1.82. The zero-order valence-electron chi connectivity index (χ0n) is 13.3. The van der Waals surface area contributed by atoms with Crippen LogP contribution in [0.2, 0.25) is 0 Å².